The van der Waals surface area contributed by atoms with Gasteiger partial charge in [-0.05, 0) is 25.0 Å². The molecular weight excluding hydrogens is 221 g/mol. The van der Waals surface area contributed by atoms with Crippen LogP contribution in [0, 0.1) is 5.82 Å². The Morgan fingerprint density at radius 1 is 1.35 bits per heavy atom. The quantitative estimate of drug-likeness (QED) is 0.881. The number of hydrogen-bond acceptors (Lipinski definition) is 3. The summed E-state index contributed by atoms with van der Waals surface area (Å²) in [6.07, 6.45) is 2.13. The Morgan fingerprint density at radius 3 is 2.82 bits per heavy atom. The van der Waals surface area contributed by atoms with E-state index in [4.69, 9.17) is 0 Å². The Labute approximate surface area is 97.7 Å². The average Bonchev–Trinajstić information content (AvgIpc) is 3.08. The maximum absolute atomic E-state index is 13.2. The van der Waals surface area contributed by atoms with Gasteiger partial charge in [0.1, 0.15) is 12.4 Å². The van der Waals surface area contributed by atoms with E-state index in [1.807, 2.05) is 4.57 Å². The van der Waals surface area contributed by atoms with Crippen molar-refractivity contribution < 1.29 is 9.50 Å². The summed E-state index contributed by atoms with van der Waals surface area (Å²) in [7, 11) is 0. The van der Waals surface area contributed by atoms with Gasteiger partial charge in [0.05, 0.1) is 0 Å². The van der Waals surface area contributed by atoms with E-state index >= 15 is 0 Å². The predicted octanol–water partition coefficient (Wildman–Crippen LogP) is 1.91. The molecule has 17 heavy (non-hydrogen) atoms. The molecule has 0 radical (unpaired) electrons. The molecule has 1 N–H and O–H groups in total. The highest BCUT2D eigenvalue weighted by atomic mass is 19.1. The van der Waals surface area contributed by atoms with Crippen LogP contribution < -0.4 is 0 Å². The molecule has 0 spiro atoms. The van der Waals surface area contributed by atoms with Gasteiger partial charge >= 0.3 is 0 Å². The molecule has 1 saturated carbocycles. The van der Waals surface area contributed by atoms with Gasteiger partial charge in [0.15, 0.2) is 11.6 Å². The number of aromatic nitrogens is 3. The maximum Gasteiger partial charge on any atom is 0.164 e. The lowest BCUT2D eigenvalue weighted by atomic mass is 10.2. The first kappa shape index (κ1) is 10.4. The third-order valence-electron chi connectivity index (χ3n) is 2.90. The standard InChI is InChI=1S/C12H12FN3O/c13-9-3-1-2-8(6-9)12-15-14-11(7-17)16(12)10-4-5-10/h1-3,6,10,17H,4-5,7H2. The third-order valence-corrected chi connectivity index (χ3v) is 2.90. The predicted molar refractivity (Wildman–Crippen MR) is 59.6 cm³/mol. The summed E-state index contributed by atoms with van der Waals surface area (Å²) in [4.78, 5) is 0. The van der Waals surface area contributed by atoms with Crippen molar-refractivity contribution in [1.29, 1.82) is 0 Å². The number of benzene rings is 1. The Hall–Kier alpha value is -1.75. The fourth-order valence-corrected chi connectivity index (χ4v) is 1.97. The Balaban J connectivity index is 2.11. The molecule has 0 atom stereocenters. The van der Waals surface area contributed by atoms with Gasteiger partial charge in [-0.25, -0.2) is 4.39 Å². The van der Waals surface area contributed by atoms with E-state index < -0.39 is 0 Å². The van der Waals surface area contributed by atoms with Crippen LogP contribution >= 0.6 is 0 Å². The molecule has 3 rings (SSSR count). The average molecular weight is 233 g/mol. The monoisotopic (exact) mass is 233 g/mol. The number of rotatable bonds is 3. The zero-order valence-electron chi connectivity index (χ0n) is 9.17. The number of halogens is 1. The highest BCUT2D eigenvalue weighted by Crippen LogP contribution is 2.38. The van der Waals surface area contributed by atoms with Crippen LogP contribution in [0.4, 0.5) is 4.39 Å². The molecule has 88 valence electrons. The normalized spacial score (nSPS) is 15.2. The summed E-state index contributed by atoms with van der Waals surface area (Å²) in [5, 5.41) is 17.2. The van der Waals surface area contributed by atoms with Crippen molar-refractivity contribution in [3.05, 3.63) is 35.9 Å². The van der Waals surface area contributed by atoms with Crippen LogP contribution in [-0.2, 0) is 6.61 Å². The smallest absolute Gasteiger partial charge is 0.164 e. The van der Waals surface area contributed by atoms with Crippen molar-refractivity contribution >= 4 is 0 Å². The molecule has 1 aromatic carbocycles. The van der Waals surface area contributed by atoms with Crippen molar-refractivity contribution in [2.24, 2.45) is 0 Å². The Morgan fingerprint density at radius 2 is 2.18 bits per heavy atom. The molecule has 5 heteroatoms. The van der Waals surface area contributed by atoms with Crippen molar-refractivity contribution in [3.63, 3.8) is 0 Å². The molecule has 1 aliphatic carbocycles. The molecule has 0 unspecified atom stereocenters. The molecule has 4 nitrogen and oxygen atoms in total. The summed E-state index contributed by atoms with van der Waals surface area (Å²) < 4.78 is 15.1. The minimum Gasteiger partial charge on any atom is -0.388 e. The van der Waals surface area contributed by atoms with E-state index in [-0.39, 0.29) is 12.4 Å². The van der Waals surface area contributed by atoms with E-state index in [1.54, 1.807) is 12.1 Å². The first-order valence-electron chi connectivity index (χ1n) is 5.60. The van der Waals surface area contributed by atoms with Crippen molar-refractivity contribution in [3.8, 4) is 11.4 Å². The maximum atomic E-state index is 13.2. The Kier molecular flexibility index (Phi) is 2.40. The molecular formula is C12H12FN3O. The second-order valence-corrected chi connectivity index (χ2v) is 4.21. The summed E-state index contributed by atoms with van der Waals surface area (Å²) in [6.45, 7) is -0.140. The van der Waals surface area contributed by atoms with Crippen LogP contribution in [0.3, 0.4) is 0 Å². The summed E-state index contributed by atoms with van der Waals surface area (Å²) in [6, 6.07) is 6.63. The van der Waals surface area contributed by atoms with Gasteiger partial charge in [-0.1, -0.05) is 12.1 Å². The van der Waals surface area contributed by atoms with E-state index in [2.05, 4.69) is 10.2 Å². The lowest BCUT2D eigenvalue weighted by Crippen LogP contribution is -2.03. The Bertz CT molecular complexity index is 548. The van der Waals surface area contributed by atoms with Crippen LogP contribution in [0.15, 0.2) is 24.3 Å². The number of aliphatic hydroxyl groups excluding tert-OH is 1. The van der Waals surface area contributed by atoms with Crippen molar-refractivity contribution in [2.45, 2.75) is 25.5 Å². The van der Waals surface area contributed by atoms with Crippen LogP contribution in [0.5, 0.6) is 0 Å². The van der Waals surface area contributed by atoms with Crippen molar-refractivity contribution in [1.82, 2.24) is 14.8 Å². The molecule has 0 aliphatic heterocycles. The van der Waals surface area contributed by atoms with E-state index in [0.717, 1.165) is 12.8 Å². The van der Waals surface area contributed by atoms with Gasteiger partial charge in [0.25, 0.3) is 0 Å². The molecule has 0 amide bonds. The lowest BCUT2D eigenvalue weighted by molar-refractivity contribution is 0.265. The number of hydrogen-bond donors (Lipinski definition) is 1. The van der Waals surface area contributed by atoms with E-state index in [1.165, 1.54) is 12.1 Å². The fourth-order valence-electron chi connectivity index (χ4n) is 1.97. The first-order valence-corrected chi connectivity index (χ1v) is 5.60. The SMILES string of the molecule is OCc1nnc(-c2cccc(F)c2)n1C1CC1. The minimum absolute atomic E-state index is 0.140. The minimum atomic E-state index is -0.293. The van der Waals surface area contributed by atoms with Gasteiger partial charge in [-0.2, -0.15) is 0 Å². The molecule has 1 fully saturated rings. The number of nitrogens with zero attached hydrogens (tertiary/aromatic N) is 3. The number of aliphatic hydroxyl groups is 1. The third kappa shape index (κ3) is 1.82. The summed E-state index contributed by atoms with van der Waals surface area (Å²) >= 11 is 0. The molecule has 1 heterocycles. The van der Waals surface area contributed by atoms with Gasteiger partial charge in [0, 0.05) is 11.6 Å². The topological polar surface area (TPSA) is 50.9 Å². The summed E-state index contributed by atoms with van der Waals surface area (Å²) in [5.41, 5.74) is 0.698. The zero-order valence-corrected chi connectivity index (χ0v) is 9.17. The lowest BCUT2D eigenvalue weighted by Gasteiger charge is -2.07. The van der Waals surface area contributed by atoms with Crippen LogP contribution in [0.25, 0.3) is 11.4 Å². The van der Waals surface area contributed by atoms with Crippen molar-refractivity contribution in [2.75, 3.05) is 0 Å². The van der Waals surface area contributed by atoms with Crippen LogP contribution in [0.2, 0.25) is 0 Å². The molecule has 0 saturated heterocycles. The molecule has 1 aromatic heterocycles. The van der Waals surface area contributed by atoms with E-state index in [0.29, 0.717) is 23.3 Å². The summed E-state index contributed by atoms with van der Waals surface area (Å²) in [5.74, 6) is 0.890. The highest BCUT2D eigenvalue weighted by molar-refractivity contribution is 5.55. The fraction of sp³-hybridized carbons (Fsp3) is 0.333. The van der Waals surface area contributed by atoms with E-state index in [9.17, 15) is 9.50 Å². The molecule has 0 bridgehead atoms. The second-order valence-electron chi connectivity index (χ2n) is 4.21. The molecule has 2 aromatic rings. The van der Waals surface area contributed by atoms with Gasteiger partial charge in [0.2, 0.25) is 0 Å². The highest BCUT2D eigenvalue weighted by Gasteiger charge is 2.29. The molecule has 1 aliphatic rings. The van der Waals surface area contributed by atoms with Crippen LogP contribution in [0.1, 0.15) is 24.7 Å². The zero-order chi connectivity index (χ0) is 11.8. The largest absolute Gasteiger partial charge is 0.388 e. The van der Waals surface area contributed by atoms with Gasteiger partial charge in [-0.15, -0.1) is 10.2 Å². The van der Waals surface area contributed by atoms with Gasteiger partial charge < -0.3 is 9.67 Å². The second kappa shape index (κ2) is 3.92. The van der Waals surface area contributed by atoms with Crippen LogP contribution in [-0.4, -0.2) is 19.9 Å². The first-order chi connectivity index (χ1) is 8.29. The van der Waals surface area contributed by atoms with Gasteiger partial charge in [-0.3, -0.25) is 0 Å².